The van der Waals surface area contributed by atoms with Crippen LogP contribution in [0, 0.1) is 0 Å². The molecule has 1 fully saturated rings. The first-order valence-electron chi connectivity index (χ1n) is 5.68. The quantitative estimate of drug-likeness (QED) is 0.756. The van der Waals surface area contributed by atoms with Gasteiger partial charge in [0.1, 0.15) is 0 Å². The summed E-state index contributed by atoms with van der Waals surface area (Å²) in [5, 5.41) is 3.00. The van der Waals surface area contributed by atoms with E-state index in [2.05, 4.69) is 5.32 Å². The third kappa shape index (κ3) is 3.90. The van der Waals surface area contributed by atoms with Crippen molar-refractivity contribution in [2.45, 2.75) is 45.6 Å². The number of piperidine rings is 1. The molecule has 1 saturated heterocycles. The summed E-state index contributed by atoms with van der Waals surface area (Å²) in [6.07, 6.45) is 3.26. The fraction of sp³-hybridized carbons (Fsp3) is 0.818. The maximum Gasteiger partial charge on any atom is 0.220 e. The van der Waals surface area contributed by atoms with E-state index in [0.717, 1.165) is 32.4 Å². The molecule has 1 rings (SSSR count). The first-order valence-corrected chi connectivity index (χ1v) is 5.68. The van der Waals surface area contributed by atoms with Crippen molar-refractivity contribution in [1.82, 2.24) is 10.2 Å². The van der Waals surface area contributed by atoms with E-state index in [4.69, 9.17) is 0 Å². The molecule has 0 spiro atoms. The Morgan fingerprint density at radius 1 is 1.33 bits per heavy atom. The summed E-state index contributed by atoms with van der Waals surface area (Å²) < 4.78 is 0. The van der Waals surface area contributed by atoms with Crippen LogP contribution in [0.2, 0.25) is 0 Å². The van der Waals surface area contributed by atoms with Crippen LogP contribution in [0.15, 0.2) is 0 Å². The first kappa shape index (κ1) is 12.0. The Labute approximate surface area is 91.0 Å². The lowest BCUT2D eigenvalue weighted by atomic mass is 10.0. The highest BCUT2D eigenvalue weighted by atomic mass is 16.2. The van der Waals surface area contributed by atoms with Gasteiger partial charge < -0.3 is 10.2 Å². The van der Waals surface area contributed by atoms with Crippen molar-refractivity contribution >= 4 is 11.8 Å². The van der Waals surface area contributed by atoms with Crippen LogP contribution in [0.25, 0.3) is 0 Å². The van der Waals surface area contributed by atoms with Crippen molar-refractivity contribution in [3.05, 3.63) is 0 Å². The Kier molecular flexibility index (Phi) is 4.59. The standard InChI is InChI=1S/C11H20N2O2/c1-3-4-11(15)12-10-5-7-13(8-6-10)9(2)14/h10H,3-8H2,1-2H3,(H,12,15). The number of nitrogens with one attached hydrogen (secondary N) is 1. The van der Waals surface area contributed by atoms with E-state index in [0.29, 0.717) is 6.42 Å². The van der Waals surface area contributed by atoms with Gasteiger partial charge in [0.2, 0.25) is 11.8 Å². The van der Waals surface area contributed by atoms with Crippen molar-refractivity contribution in [3.63, 3.8) is 0 Å². The summed E-state index contributed by atoms with van der Waals surface area (Å²) in [5.74, 6) is 0.270. The van der Waals surface area contributed by atoms with Gasteiger partial charge >= 0.3 is 0 Å². The van der Waals surface area contributed by atoms with Gasteiger partial charge in [0.25, 0.3) is 0 Å². The largest absolute Gasteiger partial charge is 0.353 e. The number of nitrogens with zero attached hydrogens (tertiary/aromatic N) is 1. The second-order valence-electron chi connectivity index (χ2n) is 4.10. The van der Waals surface area contributed by atoms with Crippen LogP contribution >= 0.6 is 0 Å². The molecular formula is C11H20N2O2. The predicted octanol–water partition coefficient (Wildman–Crippen LogP) is 0.914. The van der Waals surface area contributed by atoms with Crippen LogP contribution in [0.5, 0.6) is 0 Å². The molecule has 0 aromatic rings. The fourth-order valence-electron chi connectivity index (χ4n) is 1.87. The molecule has 0 radical (unpaired) electrons. The number of likely N-dealkylation sites (tertiary alicyclic amines) is 1. The Hall–Kier alpha value is -1.06. The molecule has 0 aromatic carbocycles. The molecule has 1 aliphatic rings. The molecular weight excluding hydrogens is 192 g/mol. The number of amides is 2. The minimum Gasteiger partial charge on any atom is -0.353 e. The van der Waals surface area contributed by atoms with Crippen LogP contribution < -0.4 is 5.32 Å². The van der Waals surface area contributed by atoms with Crippen molar-refractivity contribution < 1.29 is 9.59 Å². The number of carbonyl (C=O) groups excluding carboxylic acids is 2. The van der Waals surface area contributed by atoms with Crippen LogP contribution in [0.3, 0.4) is 0 Å². The molecule has 0 aliphatic carbocycles. The fourth-order valence-corrected chi connectivity index (χ4v) is 1.87. The molecule has 1 heterocycles. The van der Waals surface area contributed by atoms with Gasteiger partial charge in [-0.05, 0) is 19.3 Å². The van der Waals surface area contributed by atoms with E-state index >= 15 is 0 Å². The molecule has 0 atom stereocenters. The lowest BCUT2D eigenvalue weighted by Gasteiger charge is -2.31. The van der Waals surface area contributed by atoms with Crippen LogP contribution in [-0.2, 0) is 9.59 Å². The van der Waals surface area contributed by atoms with E-state index in [-0.39, 0.29) is 17.9 Å². The maximum atomic E-state index is 11.3. The van der Waals surface area contributed by atoms with Crippen molar-refractivity contribution in [3.8, 4) is 0 Å². The molecule has 0 saturated carbocycles. The van der Waals surface area contributed by atoms with Crippen LogP contribution in [0.1, 0.15) is 39.5 Å². The van der Waals surface area contributed by atoms with Gasteiger partial charge in [-0.1, -0.05) is 6.92 Å². The maximum absolute atomic E-state index is 11.3. The van der Waals surface area contributed by atoms with Gasteiger partial charge in [-0.15, -0.1) is 0 Å². The van der Waals surface area contributed by atoms with E-state index in [9.17, 15) is 9.59 Å². The van der Waals surface area contributed by atoms with Crippen LogP contribution in [-0.4, -0.2) is 35.8 Å². The molecule has 4 heteroatoms. The summed E-state index contributed by atoms with van der Waals surface area (Å²) >= 11 is 0. The molecule has 4 nitrogen and oxygen atoms in total. The summed E-state index contributed by atoms with van der Waals surface area (Å²) in [6.45, 7) is 5.13. The predicted molar refractivity (Wildman–Crippen MR) is 58.3 cm³/mol. The van der Waals surface area contributed by atoms with E-state index in [1.54, 1.807) is 6.92 Å². The monoisotopic (exact) mass is 212 g/mol. The minimum absolute atomic E-state index is 0.133. The SMILES string of the molecule is CCCC(=O)NC1CCN(C(C)=O)CC1. The zero-order valence-electron chi connectivity index (χ0n) is 9.58. The van der Waals surface area contributed by atoms with E-state index < -0.39 is 0 Å². The third-order valence-electron chi connectivity index (χ3n) is 2.78. The highest BCUT2D eigenvalue weighted by molar-refractivity contribution is 5.76. The van der Waals surface area contributed by atoms with Crippen molar-refractivity contribution in [2.75, 3.05) is 13.1 Å². The molecule has 86 valence electrons. The highest BCUT2D eigenvalue weighted by Gasteiger charge is 2.21. The Balaban J connectivity index is 2.25. The first-order chi connectivity index (χ1) is 7.13. The van der Waals surface area contributed by atoms with Gasteiger partial charge in [0.05, 0.1) is 0 Å². The molecule has 1 N–H and O–H groups in total. The molecule has 2 amide bonds. The van der Waals surface area contributed by atoms with Gasteiger partial charge in [-0.3, -0.25) is 9.59 Å². The lowest BCUT2D eigenvalue weighted by Crippen LogP contribution is -2.45. The zero-order valence-corrected chi connectivity index (χ0v) is 9.58. The zero-order chi connectivity index (χ0) is 11.3. The number of hydrogen-bond donors (Lipinski definition) is 1. The van der Waals surface area contributed by atoms with E-state index in [1.165, 1.54) is 0 Å². The van der Waals surface area contributed by atoms with Crippen LogP contribution in [0.4, 0.5) is 0 Å². The third-order valence-corrected chi connectivity index (χ3v) is 2.78. The molecule has 0 bridgehead atoms. The molecule has 15 heavy (non-hydrogen) atoms. The van der Waals surface area contributed by atoms with Crippen molar-refractivity contribution in [1.29, 1.82) is 0 Å². The molecule has 0 unspecified atom stereocenters. The Morgan fingerprint density at radius 2 is 1.93 bits per heavy atom. The average Bonchev–Trinajstić information content (AvgIpc) is 2.18. The summed E-state index contributed by atoms with van der Waals surface area (Å²) in [5.41, 5.74) is 0. The minimum atomic E-state index is 0.133. The number of carbonyl (C=O) groups is 2. The summed E-state index contributed by atoms with van der Waals surface area (Å²) in [7, 11) is 0. The van der Waals surface area contributed by atoms with Gasteiger partial charge in [-0.2, -0.15) is 0 Å². The highest BCUT2D eigenvalue weighted by Crippen LogP contribution is 2.10. The summed E-state index contributed by atoms with van der Waals surface area (Å²) in [4.78, 5) is 24.2. The average molecular weight is 212 g/mol. The molecule has 0 aromatic heterocycles. The summed E-state index contributed by atoms with van der Waals surface area (Å²) in [6, 6.07) is 0.264. The second kappa shape index (κ2) is 5.73. The normalized spacial score (nSPS) is 17.6. The Bertz CT molecular complexity index is 233. The Morgan fingerprint density at radius 3 is 2.40 bits per heavy atom. The number of rotatable bonds is 3. The second-order valence-corrected chi connectivity index (χ2v) is 4.10. The molecule has 1 aliphatic heterocycles. The smallest absolute Gasteiger partial charge is 0.220 e. The van der Waals surface area contributed by atoms with Gasteiger partial charge in [0.15, 0.2) is 0 Å². The van der Waals surface area contributed by atoms with E-state index in [1.807, 2.05) is 11.8 Å². The lowest BCUT2D eigenvalue weighted by molar-refractivity contribution is -0.130. The topological polar surface area (TPSA) is 49.4 Å². The van der Waals surface area contributed by atoms with Gasteiger partial charge in [-0.25, -0.2) is 0 Å². The van der Waals surface area contributed by atoms with Gasteiger partial charge in [0, 0.05) is 32.5 Å². The number of hydrogen-bond acceptors (Lipinski definition) is 2. The van der Waals surface area contributed by atoms with Crippen molar-refractivity contribution in [2.24, 2.45) is 0 Å².